The molecule has 1 amide bonds. The van der Waals surface area contributed by atoms with E-state index in [4.69, 9.17) is 0 Å². The maximum Gasteiger partial charge on any atom is 0.359 e. The lowest BCUT2D eigenvalue weighted by Gasteiger charge is -2.18. The minimum absolute atomic E-state index is 0.0235. The van der Waals surface area contributed by atoms with E-state index in [0.717, 1.165) is 0 Å². The molecule has 2 aromatic rings. The van der Waals surface area contributed by atoms with Crippen molar-refractivity contribution in [3.63, 3.8) is 0 Å². The molecule has 0 fully saturated rings. The number of anilines is 1. The molecule has 0 spiro atoms. The fraction of sp³-hybridized carbons (Fsp3) is 0.250. The number of hydrogen-bond acceptors (Lipinski definition) is 6. The van der Waals surface area contributed by atoms with Crippen LogP contribution in [0, 0.1) is 0 Å². The Morgan fingerprint density at radius 2 is 1.71 bits per heavy atom. The number of ether oxygens (including phenoxy) is 2. The molecule has 0 radical (unpaired) electrons. The summed E-state index contributed by atoms with van der Waals surface area (Å²) < 4.78 is 10.7. The molecule has 1 heterocycles. The van der Waals surface area contributed by atoms with E-state index in [1.165, 1.54) is 36.9 Å². The standard InChI is InChI=1S/C16H17N3O5/c1-10(20)18(2)12-7-5-6-8-13(12)19-9-11(15(21)23-3)14(17-19)16(22)24-4/h5-9H,1-4H3. The van der Waals surface area contributed by atoms with Crippen LogP contribution >= 0.6 is 0 Å². The van der Waals surface area contributed by atoms with Crippen LogP contribution in [0.5, 0.6) is 0 Å². The van der Waals surface area contributed by atoms with Crippen molar-refractivity contribution >= 4 is 23.5 Å². The molecule has 126 valence electrons. The smallest absolute Gasteiger partial charge is 0.359 e. The van der Waals surface area contributed by atoms with Gasteiger partial charge in [0.1, 0.15) is 5.56 Å². The number of aromatic nitrogens is 2. The monoisotopic (exact) mass is 331 g/mol. The largest absolute Gasteiger partial charge is 0.465 e. The third-order valence-electron chi connectivity index (χ3n) is 3.46. The van der Waals surface area contributed by atoms with Gasteiger partial charge in [0.25, 0.3) is 0 Å². The van der Waals surface area contributed by atoms with E-state index in [2.05, 4.69) is 14.6 Å². The Kier molecular flexibility index (Phi) is 4.98. The van der Waals surface area contributed by atoms with E-state index in [9.17, 15) is 14.4 Å². The first-order chi connectivity index (χ1) is 11.4. The van der Waals surface area contributed by atoms with Crippen LogP contribution in [0.2, 0.25) is 0 Å². The summed E-state index contributed by atoms with van der Waals surface area (Å²) in [5, 5.41) is 4.13. The van der Waals surface area contributed by atoms with Crippen molar-refractivity contribution in [2.45, 2.75) is 6.92 Å². The summed E-state index contributed by atoms with van der Waals surface area (Å²) in [6, 6.07) is 6.96. The second-order valence-electron chi connectivity index (χ2n) is 4.89. The van der Waals surface area contributed by atoms with E-state index in [0.29, 0.717) is 11.4 Å². The van der Waals surface area contributed by atoms with Gasteiger partial charge in [0, 0.05) is 20.2 Å². The summed E-state index contributed by atoms with van der Waals surface area (Å²) in [6.07, 6.45) is 1.37. The molecule has 2 rings (SSSR count). The van der Waals surface area contributed by atoms with Gasteiger partial charge in [-0.1, -0.05) is 12.1 Å². The molecule has 0 saturated carbocycles. The third-order valence-corrected chi connectivity index (χ3v) is 3.46. The van der Waals surface area contributed by atoms with Gasteiger partial charge in [0.15, 0.2) is 5.69 Å². The highest BCUT2D eigenvalue weighted by Gasteiger charge is 2.25. The molecular weight excluding hydrogens is 314 g/mol. The average Bonchev–Trinajstić information content (AvgIpc) is 3.04. The van der Waals surface area contributed by atoms with Crippen LogP contribution in [0.4, 0.5) is 5.69 Å². The highest BCUT2D eigenvalue weighted by molar-refractivity contribution is 6.02. The number of amides is 1. The molecule has 8 nitrogen and oxygen atoms in total. The molecule has 0 bridgehead atoms. The van der Waals surface area contributed by atoms with Gasteiger partial charge in [-0.15, -0.1) is 0 Å². The van der Waals surface area contributed by atoms with E-state index >= 15 is 0 Å². The Morgan fingerprint density at radius 3 is 2.29 bits per heavy atom. The number of para-hydroxylation sites is 2. The van der Waals surface area contributed by atoms with Gasteiger partial charge in [-0.3, -0.25) is 4.79 Å². The van der Waals surface area contributed by atoms with Gasteiger partial charge in [-0.05, 0) is 12.1 Å². The molecule has 0 unspecified atom stereocenters. The van der Waals surface area contributed by atoms with Crippen molar-refractivity contribution in [2.24, 2.45) is 0 Å². The van der Waals surface area contributed by atoms with Gasteiger partial charge in [0.2, 0.25) is 5.91 Å². The first kappa shape index (κ1) is 17.2. The number of methoxy groups -OCH3 is 2. The second kappa shape index (κ2) is 6.95. The highest BCUT2D eigenvalue weighted by Crippen LogP contribution is 2.24. The number of nitrogens with zero attached hydrogens (tertiary/aromatic N) is 3. The third kappa shape index (κ3) is 3.12. The number of esters is 2. The van der Waals surface area contributed by atoms with Crippen molar-refractivity contribution in [1.29, 1.82) is 0 Å². The predicted octanol–water partition coefficient (Wildman–Crippen LogP) is 1.43. The lowest BCUT2D eigenvalue weighted by Crippen LogP contribution is -2.24. The second-order valence-corrected chi connectivity index (χ2v) is 4.89. The minimum atomic E-state index is -0.758. The summed E-state index contributed by atoms with van der Waals surface area (Å²) in [7, 11) is 4.02. The maximum absolute atomic E-state index is 11.9. The van der Waals surface area contributed by atoms with Gasteiger partial charge in [0.05, 0.1) is 25.6 Å². The number of benzene rings is 1. The first-order valence-corrected chi connectivity index (χ1v) is 7.00. The van der Waals surface area contributed by atoms with Crippen molar-refractivity contribution in [3.05, 3.63) is 41.7 Å². The number of carbonyl (C=O) groups excluding carboxylic acids is 3. The normalized spacial score (nSPS) is 10.2. The maximum atomic E-state index is 11.9. The van der Waals surface area contributed by atoms with Gasteiger partial charge in [-0.2, -0.15) is 5.10 Å². The highest BCUT2D eigenvalue weighted by atomic mass is 16.5. The van der Waals surface area contributed by atoms with E-state index in [1.807, 2.05) is 0 Å². The predicted molar refractivity (Wildman–Crippen MR) is 85.3 cm³/mol. The number of carbonyl (C=O) groups is 3. The quantitative estimate of drug-likeness (QED) is 0.787. The van der Waals surface area contributed by atoms with Crippen LogP contribution in [0.15, 0.2) is 30.5 Å². The molecular formula is C16H17N3O5. The summed E-state index contributed by atoms with van der Waals surface area (Å²) >= 11 is 0. The summed E-state index contributed by atoms with van der Waals surface area (Å²) in [5.41, 5.74) is 0.908. The molecule has 1 aromatic heterocycles. The van der Waals surface area contributed by atoms with Crippen molar-refractivity contribution in [1.82, 2.24) is 9.78 Å². The Balaban J connectivity index is 2.62. The summed E-state index contributed by atoms with van der Waals surface area (Å²) in [5.74, 6) is -1.64. The molecule has 0 aliphatic rings. The molecule has 0 N–H and O–H groups in total. The Morgan fingerprint density at radius 1 is 1.08 bits per heavy atom. The minimum Gasteiger partial charge on any atom is -0.465 e. The fourth-order valence-corrected chi connectivity index (χ4v) is 2.12. The first-order valence-electron chi connectivity index (χ1n) is 7.00. The van der Waals surface area contributed by atoms with Crippen LogP contribution in [-0.2, 0) is 14.3 Å². The zero-order valence-electron chi connectivity index (χ0n) is 13.8. The average molecular weight is 331 g/mol. The Hall–Kier alpha value is -3.16. The van der Waals surface area contributed by atoms with E-state index < -0.39 is 11.9 Å². The lowest BCUT2D eigenvalue weighted by atomic mass is 10.2. The molecule has 0 atom stereocenters. The van der Waals surface area contributed by atoms with Crippen LogP contribution in [-0.4, -0.2) is 48.9 Å². The van der Waals surface area contributed by atoms with E-state index in [-0.39, 0.29) is 17.2 Å². The van der Waals surface area contributed by atoms with Crippen molar-refractivity contribution in [3.8, 4) is 5.69 Å². The zero-order chi connectivity index (χ0) is 17.9. The van der Waals surface area contributed by atoms with Gasteiger partial charge < -0.3 is 14.4 Å². The van der Waals surface area contributed by atoms with Gasteiger partial charge in [-0.25, -0.2) is 14.3 Å². The topological polar surface area (TPSA) is 90.7 Å². The molecule has 0 saturated heterocycles. The molecule has 0 aliphatic heterocycles. The molecule has 8 heteroatoms. The van der Waals surface area contributed by atoms with Crippen molar-refractivity contribution < 1.29 is 23.9 Å². The molecule has 0 aliphatic carbocycles. The van der Waals surface area contributed by atoms with Crippen molar-refractivity contribution in [2.75, 3.05) is 26.2 Å². The van der Waals surface area contributed by atoms with Gasteiger partial charge >= 0.3 is 11.9 Å². The number of rotatable bonds is 4. The Bertz CT molecular complexity index is 763. The lowest BCUT2D eigenvalue weighted by molar-refractivity contribution is -0.116. The Labute approximate surface area is 138 Å². The molecule has 1 aromatic carbocycles. The molecule has 24 heavy (non-hydrogen) atoms. The van der Waals surface area contributed by atoms with E-state index in [1.54, 1.807) is 31.3 Å². The number of hydrogen-bond donors (Lipinski definition) is 0. The van der Waals surface area contributed by atoms with Crippen LogP contribution in [0.1, 0.15) is 27.8 Å². The summed E-state index contributed by atoms with van der Waals surface area (Å²) in [4.78, 5) is 36.8. The van der Waals surface area contributed by atoms with Crippen LogP contribution in [0.25, 0.3) is 5.69 Å². The zero-order valence-corrected chi connectivity index (χ0v) is 13.8. The fourth-order valence-electron chi connectivity index (χ4n) is 2.12. The van der Waals surface area contributed by atoms with Crippen LogP contribution in [0.3, 0.4) is 0 Å². The summed E-state index contributed by atoms with van der Waals surface area (Å²) in [6.45, 7) is 1.43. The SMILES string of the molecule is COC(=O)c1cn(-c2ccccc2N(C)C(C)=O)nc1C(=O)OC. The van der Waals surface area contributed by atoms with Crippen LogP contribution < -0.4 is 4.90 Å².